The van der Waals surface area contributed by atoms with E-state index in [0.29, 0.717) is 32.0 Å². The van der Waals surface area contributed by atoms with Gasteiger partial charge in [-0.2, -0.15) is 5.10 Å². The molecule has 8 heteroatoms. The van der Waals surface area contributed by atoms with Crippen LogP contribution in [0.15, 0.2) is 47.8 Å². The number of nitrogens with one attached hydrogen (secondary N) is 1. The smallest absolute Gasteiger partial charge is 0.281 e. The van der Waals surface area contributed by atoms with Gasteiger partial charge in [0.1, 0.15) is 22.7 Å². The van der Waals surface area contributed by atoms with E-state index in [1.807, 2.05) is 30.3 Å². The first-order valence-corrected chi connectivity index (χ1v) is 8.91. The predicted molar refractivity (Wildman–Crippen MR) is 107 cm³/mol. The number of anilines is 1. The molecule has 2 aromatic heterocycles. The van der Waals surface area contributed by atoms with Crippen LogP contribution in [0.3, 0.4) is 0 Å². The summed E-state index contributed by atoms with van der Waals surface area (Å²) in [4.78, 5) is 21.8. The number of thiophene rings is 1. The Labute approximate surface area is 158 Å². The molecule has 4 aromatic rings. The molecule has 0 aliphatic rings. The molecule has 1 amide bonds. The Morgan fingerprint density at radius 2 is 2.07 bits per heavy atom. The molecule has 0 unspecified atom stereocenters. The van der Waals surface area contributed by atoms with E-state index in [1.54, 1.807) is 13.0 Å². The largest absolute Gasteiger partial charge is 0.507 e. The summed E-state index contributed by atoms with van der Waals surface area (Å²) in [7, 11) is 0. The maximum atomic E-state index is 12.5. The molecule has 134 valence electrons. The summed E-state index contributed by atoms with van der Waals surface area (Å²) in [6.45, 7) is 1.80. The molecule has 4 N–H and O–H groups in total. The van der Waals surface area contributed by atoms with E-state index < -0.39 is 0 Å². The van der Waals surface area contributed by atoms with Crippen molar-refractivity contribution in [2.45, 2.75) is 6.92 Å². The molecule has 0 radical (unpaired) electrons. The lowest BCUT2D eigenvalue weighted by Crippen LogP contribution is -2.17. The highest BCUT2D eigenvalue weighted by molar-refractivity contribution is 7.20. The third-order valence-electron chi connectivity index (χ3n) is 4.27. The number of nitrogens with zero attached hydrogens (tertiary/aromatic N) is 3. The van der Waals surface area contributed by atoms with E-state index in [-0.39, 0.29) is 11.7 Å². The van der Waals surface area contributed by atoms with E-state index in [9.17, 15) is 9.90 Å². The van der Waals surface area contributed by atoms with Gasteiger partial charge in [0, 0.05) is 5.56 Å². The topological polar surface area (TPSA) is 113 Å². The van der Waals surface area contributed by atoms with E-state index in [4.69, 9.17) is 5.73 Å². The number of aromatic nitrogens is 2. The van der Waals surface area contributed by atoms with Crippen LogP contribution in [0.5, 0.6) is 5.75 Å². The number of hydrogen-bond donors (Lipinski definition) is 3. The minimum atomic E-state index is -0.370. The molecular weight excluding hydrogens is 362 g/mol. The first-order valence-electron chi connectivity index (χ1n) is 8.10. The van der Waals surface area contributed by atoms with Crippen molar-refractivity contribution >= 4 is 50.3 Å². The number of hydrazone groups is 1. The van der Waals surface area contributed by atoms with Crippen LogP contribution in [0.2, 0.25) is 0 Å². The van der Waals surface area contributed by atoms with Crippen molar-refractivity contribution < 1.29 is 9.90 Å². The van der Waals surface area contributed by atoms with Gasteiger partial charge in [-0.15, -0.1) is 11.3 Å². The zero-order valence-electron chi connectivity index (χ0n) is 14.3. The van der Waals surface area contributed by atoms with Gasteiger partial charge in [0.05, 0.1) is 16.5 Å². The van der Waals surface area contributed by atoms with Gasteiger partial charge >= 0.3 is 0 Å². The van der Waals surface area contributed by atoms with Gasteiger partial charge in [0.25, 0.3) is 5.91 Å². The molecule has 7 nitrogen and oxygen atoms in total. The third kappa shape index (κ3) is 2.96. The predicted octanol–water partition coefficient (Wildman–Crippen LogP) is 3.20. The number of phenolic OH excluding ortho intramolecular Hbond substituents is 1. The van der Waals surface area contributed by atoms with Crippen molar-refractivity contribution in [2.24, 2.45) is 5.10 Å². The van der Waals surface area contributed by atoms with Crippen LogP contribution in [0.25, 0.3) is 21.0 Å². The Morgan fingerprint density at radius 3 is 2.89 bits per heavy atom. The van der Waals surface area contributed by atoms with E-state index in [2.05, 4.69) is 20.5 Å². The zero-order chi connectivity index (χ0) is 19.0. The number of phenols is 1. The Morgan fingerprint density at radius 1 is 1.26 bits per heavy atom. The van der Waals surface area contributed by atoms with Gasteiger partial charge in [0.15, 0.2) is 0 Å². The molecule has 0 aliphatic carbocycles. The van der Waals surface area contributed by atoms with Gasteiger partial charge in [-0.25, -0.2) is 15.4 Å². The summed E-state index contributed by atoms with van der Waals surface area (Å²) in [6, 6.07) is 11.0. The molecule has 2 aromatic carbocycles. The summed E-state index contributed by atoms with van der Waals surface area (Å²) in [5.41, 5.74) is 9.64. The average Bonchev–Trinajstić information content (AvgIpc) is 3.01. The van der Waals surface area contributed by atoms with Crippen molar-refractivity contribution in [1.82, 2.24) is 15.4 Å². The lowest BCUT2D eigenvalue weighted by Gasteiger charge is -2.04. The fraction of sp³-hybridized carbons (Fsp3) is 0.0526. The molecule has 0 bridgehead atoms. The summed E-state index contributed by atoms with van der Waals surface area (Å²) < 4.78 is 0. The number of aryl methyl sites for hydroxylation is 1. The van der Waals surface area contributed by atoms with Crippen LogP contribution in [0.1, 0.15) is 20.8 Å². The van der Waals surface area contributed by atoms with Crippen LogP contribution in [0, 0.1) is 6.92 Å². The quantitative estimate of drug-likeness (QED) is 0.375. The normalized spacial score (nSPS) is 11.4. The molecule has 0 spiro atoms. The third-order valence-corrected chi connectivity index (χ3v) is 5.47. The molecule has 0 saturated carbocycles. The van der Waals surface area contributed by atoms with Gasteiger partial charge < -0.3 is 10.8 Å². The van der Waals surface area contributed by atoms with Crippen molar-refractivity contribution in [3.8, 4) is 5.75 Å². The number of amides is 1. The minimum Gasteiger partial charge on any atom is -0.507 e. The van der Waals surface area contributed by atoms with Crippen LogP contribution >= 0.6 is 11.3 Å². The monoisotopic (exact) mass is 377 g/mol. The average molecular weight is 377 g/mol. The highest BCUT2D eigenvalue weighted by atomic mass is 32.1. The summed E-state index contributed by atoms with van der Waals surface area (Å²) >= 11 is 1.23. The number of nitrogens with two attached hydrogens (primary N) is 1. The van der Waals surface area contributed by atoms with Crippen LogP contribution in [-0.2, 0) is 0 Å². The standard InChI is InChI=1S/C19H15N5O2S/c1-10-15-17(20)21-9-22-19(15)27-16(10)18(26)24-23-8-13-12-5-3-2-4-11(12)6-7-14(13)25/h2-9,25H,1H3,(H,24,26)(H2,20,21,22)/b23-8-. The number of carbonyl (C=O) groups is 1. The van der Waals surface area contributed by atoms with Crippen LogP contribution < -0.4 is 11.2 Å². The maximum Gasteiger partial charge on any atom is 0.281 e. The molecule has 27 heavy (non-hydrogen) atoms. The number of rotatable bonds is 3. The lowest BCUT2D eigenvalue weighted by atomic mass is 10.0. The van der Waals surface area contributed by atoms with Gasteiger partial charge in [-0.3, -0.25) is 4.79 Å². The summed E-state index contributed by atoms with van der Waals surface area (Å²) in [6.07, 6.45) is 2.81. The first kappa shape index (κ1) is 16.9. The van der Waals surface area contributed by atoms with Gasteiger partial charge in [-0.1, -0.05) is 30.3 Å². The Balaban J connectivity index is 1.63. The Bertz CT molecular complexity index is 1220. The van der Waals surface area contributed by atoms with Crippen LogP contribution in [0.4, 0.5) is 5.82 Å². The van der Waals surface area contributed by atoms with E-state index in [1.165, 1.54) is 23.9 Å². The molecule has 0 aliphatic heterocycles. The SMILES string of the molecule is Cc1c(C(=O)N/N=C\c2c(O)ccc3ccccc23)sc2ncnc(N)c12. The molecular formula is C19H15N5O2S. The number of aromatic hydroxyl groups is 1. The molecule has 4 rings (SSSR count). The lowest BCUT2D eigenvalue weighted by molar-refractivity contribution is 0.0958. The number of hydrogen-bond acceptors (Lipinski definition) is 7. The van der Waals surface area contributed by atoms with Crippen molar-refractivity contribution in [3.63, 3.8) is 0 Å². The van der Waals surface area contributed by atoms with Crippen molar-refractivity contribution in [2.75, 3.05) is 5.73 Å². The fourth-order valence-electron chi connectivity index (χ4n) is 2.94. The second kappa shape index (κ2) is 6.65. The number of fused-ring (bicyclic) bond motifs is 2. The molecule has 0 atom stereocenters. The molecule has 2 heterocycles. The second-order valence-electron chi connectivity index (χ2n) is 5.91. The van der Waals surface area contributed by atoms with Crippen molar-refractivity contribution in [1.29, 1.82) is 0 Å². The number of benzene rings is 2. The molecule has 0 fully saturated rings. The van der Waals surface area contributed by atoms with E-state index in [0.717, 1.165) is 10.8 Å². The zero-order valence-corrected chi connectivity index (χ0v) is 15.1. The van der Waals surface area contributed by atoms with E-state index >= 15 is 0 Å². The van der Waals surface area contributed by atoms with Gasteiger partial charge in [0.2, 0.25) is 0 Å². The highest BCUT2D eigenvalue weighted by Crippen LogP contribution is 2.31. The Kier molecular flexibility index (Phi) is 4.17. The number of carbonyl (C=O) groups excluding carboxylic acids is 1. The fourth-order valence-corrected chi connectivity index (χ4v) is 3.99. The summed E-state index contributed by atoms with van der Waals surface area (Å²) in [5.74, 6) is 0.0654. The maximum absolute atomic E-state index is 12.5. The van der Waals surface area contributed by atoms with Gasteiger partial charge in [-0.05, 0) is 29.3 Å². The number of nitrogen functional groups attached to an aromatic ring is 1. The second-order valence-corrected chi connectivity index (χ2v) is 6.91. The minimum absolute atomic E-state index is 0.0905. The van der Waals surface area contributed by atoms with Crippen LogP contribution in [-0.4, -0.2) is 27.2 Å². The molecule has 0 saturated heterocycles. The first-order chi connectivity index (χ1) is 13.1. The Hall–Kier alpha value is -3.52. The highest BCUT2D eigenvalue weighted by Gasteiger charge is 2.18. The summed E-state index contributed by atoms with van der Waals surface area (Å²) in [5, 5.41) is 16.6. The van der Waals surface area contributed by atoms with Crippen molar-refractivity contribution in [3.05, 3.63) is 58.7 Å².